The molecule has 0 aromatic heterocycles. The predicted octanol–water partition coefficient (Wildman–Crippen LogP) is 4.23. The molecule has 0 unspecified atom stereocenters. The molecule has 1 fully saturated rings. The zero-order valence-corrected chi connectivity index (χ0v) is 15.2. The summed E-state index contributed by atoms with van der Waals surface area (Å²) in [7, 11) is 1.69. The summed E-state index contributed by atoms with van der Waals surface area (Å²) in [5.74, 6) is 4.15. The SMILES string of the molecule is CCCOc1c(Br)cc(CNC2CCSCC2)cc1OC. The van der Waals surface area contributed by atoms with Crippen LogP contribution in [0.3, 0.4) is 0 Å². The van der Waals surface area contributed by atoms with Crippen LogP contribution in [0.15, 0.2) is 16.6 Å². The molecule has 1 heterocycles. The molecular formula is C16H24BrNO2S. The smallest absolute Gasteiger partial charge is 0.175 e. The van der Waals surface area contributed by atoms with E-state index in [1.807, 2.05) is 0 Å². The second-order valence-electron chi connectivity index (χ2n) is 5.23. The van der Waals surface area contributed by atoms with Gasteiger partial charge in [0.1, 0.15) is 0 Å². The summed E-state index contributed by atoms with van der Waals surface area (Å²) in [5, 5.41) is 3.65. The summed E-state index contributed by atoms with van der Waals surface area (Å²) >= 11 is 5.65. The number of thioether (sulfide) groups is 1. The Hall–Kier alpha value is -0.390. The summed E-state index contributed by atoms with van der Waals surface area (Å²) in [6, 6.07) is 4.84. The summed E-state index contributed by atoms with van der Waals surface area (Å²) in [4.78, 5) is 0. The molecule has 1 aliphatic rings. The van der Waals surface area contributed by atoms with Crippen LogP contribution in [0, 0.1) is 0 Å². The van der Waals surface area contributed by atoms with Gasteiger partial charge in [0, 0.05) is 12.6 Å². The van der Waals surface area contributed by atoms with Gasteiger partial charge in [-0.25, -0.2) is 0 Å². The van der Waals surface area contributed by atoms with Crippen molar-refractivity contribution in [3.63, 3.8) is 0 Å². The summed E-state index contributed by atoms with van der Waals surface area (Å²) in [6.45, 7) is 3.67. The van der Waals surface area contributed by atoms with E-state index < -0.39 is 0 Å². The molecule has 0 amide bonds. The number of halogens is 1. The minimum absolute atomic E-state index is 0.645. The number of hydrogen-bond acceptors (Lipinski definition) is 4. The molecular weight excluding hydrogens is 350 g/mol. The normalized spacial score (nSPS) is 16.0. The van der Waals surface area contributed by atoms with Crippen molar-refractivity contribution in [3.05, 3.63) is 22.2 Å². The quantitative estimate of drug-likeness (QED) is 0.774. The predicted molar refractivity (Wildman–Crippen MR) is 93.7 cm³/mol. The molecule has 0 aliphatic carbocycles. The van der Waals surface area contributed by atoms with Crippen LogP contribution >= 0.6 is 27.7 Å². The molecule has 3 nitrogen and oxygen atoms in total. The molecule has 0 radical (unpaired) electrons. The van der Waals surface area contributed by atoms with E-state index in [4.69, 9.17) is 9.47 Å². The number of hydrogen-bond donors (Lipinski definition) is 1. The highest BCUT2D eigenvalue weighted by Gasteiger charge is 2.15. The molecule has 2 rings (SSSR count). The van der Waals surface area contributed by atoms with Crippen LogP contribution in [-0.2, 0) is 6.54 Å². The van der Waals surface area contributed by atoms with E-state index in [-0.39, 0.29) is 0 Å². The lowest BCUT2D eigenvalue weighted by Crippen LogP contribution is -2.32. The molecule has 0 saturated carbocycles. The number of methoxy groups -OCH3 is 1. The highest BCUT2D eigenvalue weighted by atomic mass is 79.9. The van der Waals surface area contributed by atoms with Crippen molar-refractivity contribution in [2.24, 2.45) is 0 Å². The fourth-order valence-corrected chi connectivity index (χ4v) is 4.09. The third-order valence-corrected chi connectivity index (χ3v) is 5.19. The topological polar surface area (TPSA) is 30.5 Å². The van der Waals surface area contributed by atoms with E-state index in [0.717, 1.165) is 28.9 Å². The maximum Gasteiger partial charge on any atom is 0.175 e. The molecule has 1 aliphatic heterocycles. The molecule has 0 bridgehead atoms. The lowest BCUT2D eigenvalue weighted by Gasteiger charge is -2.23. The van der Waals surface area contributed by atoms with Gasteiger partial charge in [-0.3, -0.25) is 0 Å². The van der Waals surface area contributed by atoms with Crippen LogP contribution in [0.4, 0.5) is 0 Å². The Balaban J connectivity index is 2.00. The van der Waals surface area contributed by atoms with E-state index in [1.54, 1.807) is 7.11 Å². The van der Waals surface area contributed by atoms with E-state index in [2.05, 4.69) is 52.1 Å². The minimum atomic E-state index is 0.645. The molecule has 118 valence electrons. The van der Waals surface area contributed by atoms with Gasteiger partial charge >= 0.3 is 0 Å². The average molecular weight is 374 g/mol. The second kappa shape index (κ2) is 8.91. The molecule has 21 heavy (non-hydrogen) atoms. The van der Waals surface area contributed by atoms with Crippen molar-refractivity contribution in [2.75, 3.05) is 25.2 Å². The van der Waals surface area contributed by atoms with Gasteiger partial charge in [0.05, 0.1) is 18.2 Å². The Morgan fingerprint density at radius 3 is 2.76 bits per heavy atom. The van der Waals surface area contributed by atoms with E-state index in [0.29, 0.717) is 12.6 Å². The maximum atomic E-state index is 5.76. The van der Waals surface area contributed by atoms with Gasteiger partial charge in [0.2, 0.25) is 0 Å². The van der Waals surface area contributed by atoms with Crippen molar-refractivity contribution in [3.8, 4) is 11.5 Å². The second-order valence-corrected chi connectivity index (χ2v) is 7.30. The molecule has 0 atom stereocenters. The summed E-state index contributed by atoms with van der Waals surface area (Å²) in [5.41, 5.74) is 1.22. The first-order valence-corrected chi connectivity index (χ1v) is 9.49. The lowest BCUT2D eigenvalue weighted by molar-refractivity contribution is 0.292. The van der Waals surface area contributed by atoms with Gasteiger partial charge in [0.25, 0.3) is 0 Å². The van der Waals surface area contributed by atoms with Crippen LogP contribution < -0.4 is 14.8 Å². The first kappa shape index (κ1) is 17.0. The molecule has 1 saturated heterocycles. The zero-order valence-electron chi connectivity index (χ0n) is 12.8. The Kier molecular flexibility index (Phi) is 7.20. The van der Waals surface area contributed by atoms with Gasteiger partial charge in [-0.15, -0.1) is 0 Å². The first-order valence-electron chi connectivity index (χ1n) is 7.55. The zero-order chi connectivity index (χ0) is 15.1. The van der Waals surface area contributed by atoms with Gasteiger partial charge in [-0.2, -0.15) is 11.8 Å². The number of ether oxygens (including phenoxy) is 2. The van der Waals surface area contributed by atoms with Gasteiger partial charge in [-0.05, 0) is 64.4 Å². The number of nitrogens with one attached hydrogen (secondary N) is 1. The van der Waals surface area contributed by atoms with Gasteiger partial charge in [0.15, 0.2) is 11.5 Å². The van der Waals surface area contributed by atoms with Crippen molar-refractivity contribution < 1.29 is 9.47 Å². The van der Waals surface area contributed by atoms with Crippen molar-refractivity contribution in [2.45, 2.75) is 38.8 Å². The minimum Gasteiger partial charge on any atom is -0.493 e. The lowest BCUT2D eigenvalue weighted by atomic mass is 10.1. The standard InChI is InChI=1S/C16H24BrNO2S/c1-3-6-20-16-14(17)9-12(10-15(16)19-2)11-18-13-4-7-21-8-5-13/h9-10,13,18H,3-8,11H2,1-2H3. The van der Waals surface area contributed by atoms with Crippen LogP contribution in [-0.4, -0.2) is 31.3 Å². The van der Waals surface area contributed by atoms with Gasteiger partial charge < -0.3 is 14.8 Å². The Labute approximate surface area is 140 Å². The fraction of sp³-hybridized carbons (Fsp3) is 0.625. The van der Waals surface area contributed by atoms with Gasteiger partial charge in [-0.1, -0.05) is 6.92 Å². The molecule has 0 spiro atoms. The summed E-state index contributed by atoms with van der Waals surface area (Å²) in [6.07, 6.45) is 3.51. The highest BCUT2D eigenvalue weighted by Crippen LogP contribution is 2.36. The van der Waals surface area contributed by atoms with Crippen molar-refractivity contribution in [1.82, 2.24) is 5.32 Å². The highest BCUT2D eigenvalue weighted by molar-refractivity contribution is 9.10. The van der Waals surface area contributed by atoms with Crippen LogP contribution in [0.5, 0.6) is 11.5 Å². The Morgan fingerprint density at radius 1 is 1.33 bits per heavy atom. The van der Waals surface area contributed by atoms with Crippen LogP contribution in [0.25, 0.3) is 0 Å². The van der Waals surface area contributed by atoms with E-state index in [9.17, 15) is 0 Å². The Morgan fingerprint density at radius 2 is 2.10 bits per heavy atom. The van der Waals surface area contributed by atoms with E-state index >= 15 is 0 Å². The first-order chi connectivity index (χ1) is 10.2. The largest absolute Gasteiger partial charge is 0.493 e. The fourth-order valence-electron chi connectivity index (χ4n) is 2.38. The third kappa shape index (κ3) is 5.08. The van der Waals surface area contributed by atoms with E-state index in [1.165, 1.54) is 29.9 Å². The molecule has 1 N–H and O–H groups in total. The number of rotatable bonds is 7. The maximum absolute atomic E-state index is 5.76. The third-order valence-electron chi connectivity index (χ3n) is 3.56. The van der Waals surface area contributed by atoms with Crippen molar-refractivity contribution in [1.29, 1.82) is 0 Å². The van der Waals surface area contributed by atoms with Crippen molar-refractivity contribution >= 4 is 27.7 Å². The molecule has 5 heteroatoms. The van der Waals surface area contributed by atoms with Crippen LogP contribution in [0.1, 0.15) is 31.7 Å². The average Bonchev–Trinajstić information content (AvgIpc) is 2.52. The molecule has 1 aromatic carbocycles. The monoisotopic (exact) mass is 373 g/mol. The number of benzene rings is 1. The Bertz CT molecular complexity index is 450. The van der Waals surface area contributed by atoms with Crippen LogP contribution in [0.2, 0.25) is 0 Å². The molecule has 1 aromatic rings. The summed E-state index contributed by atoms with van der Waals surface area (Å²) < 4.78 is 12.2.